The highest BCUT2D eigenvalue weighted by atomic mass is 16.4. The molecule has 4 nitrogen and oxygen atoms in total. The Bertz CT molecular complexity index is 300. The normalized spacial score (nSPS) is 9.93. The Balaban J connectivity index is 2.55. The minimum Gasteiger partial charge on any atom is -0.465 e. The summed E-state index contributed by atoms with van der Waals surface area (Å²) in [5.74, 6) is 0. The topological polar surface area (TPSA) is 60.8 Å². The van der Waals surface area contributed by atoms with Gasteiger partial charge in [-0.2, -0.15) is 0 Å². The fourth-order valence-electron chi connectivity index (χ4n) is 1.31. The van der Waals surface area contributed by atoms with Crippen LogP contribution in [0.4, 0.5) is 4.79 Å². The van der Waals surface area contributed by atoms with Crippen LogP contribution in [0.1, 0.15) is 12.0 Å². The zero-order chi connectivity index (χ0) is 11.1. The van der Waals surface area contributed by atoms with Gasteiger partial charge in [-0.1, -0.05) is 30.3 Å². The molecule has 0 aliphatic carbocycles. The van der Waals surface area contributed by atoms with Crippen molar-refractivity contribution in [3.63, 3.8) is 0 Å². The average molecular weight is 209 g/mol. The predicted molar refractivity (Wildman–Crippen MR) is 56.6 cm³/mol. The van der Waals surface area contributed by atoms with Crippen LogP contribution in [0.2, 0.25) is 0 Å². The number of nitrogens with zero attached hydrogens (tertiary/aromatic N) is 1. The van der Waals surface area contributed by atoms with Gasteiger partial charge in [-0.05, 0) is 12.0 Å². The van der Waals surface area contributed by atoms with E-state index in [0.29, 0.717) is 19.5 Å². The molecular formula is C11H15NO3. The van der Waals surface area contributed by atoms with Gasteiger partial charge in [0, 0.05) is 19.7 Å². The highest BCUT2D eigenvalue weighted by Gasteiger charge is 2.10. The highest BCUT2D eigenvalue weighted by Crippen LogP contribution is 2.05. The zero-order valence-corrected chi connectivity index (χ0v) is 8.47. The van der Waals surface area contributed by atoms with Crippen LogP contribution in [0, 0.1) is 0 Å². The summed E-state index contributed by atoms with van der Waals surface area (Å²) in [5, 5.41) is 17.5. The van der Waals surface area contributed by atoms with Crippen molar-refractivity contribution in [1.82, 2.24) is 4.90 Å². The van der Waals surface area contributed by atoms with Gasteiger partial charge in [0.1, 0.15) is 0 Å². The Morgan fingerprint density at radius 3 is 2.47 bits per heavy atom. The van der Waals surface area contributed by atoms with Gasteiger partial charge in [0.25, 0.3) is 0 Å². The molecule has 0 aromatic heterocycles. The fraction of sp³-hybridized carbons (Fsp3) is 0.364. The standard InChI is InChI=1S/C11H15NO3/c13-8-4-7-12(11(14)15)9-10-5-2-1-3-6-10/h1-3,5-6,13H,4,7-9H2,(H,14,15). The summed E-state index contributed by atoms with van der Waals surface area (Å²) in [6.45, 7) is 0.746. The molecule has 0 spiro atoms. The van der Waals surface area contributed by atoms with Gasteiger partial charge < -0.3 is 15.1 Å². The summed E-state index contributed by atoms with van der Waals surface area (Å²) < 4.78 is 0. The molecule has 2 N–H and O–H groups in total. The van der Waals surface area contributed by atoms with E-state index in [4.69, 9.17) is 10.2 Å². The van der Waals surface area contributed by atoms with E-state index >= 15 is 0 Å². The molecule has 0 fully saturated rings. The van der Waals surface area contributed by atoms with Crippen LogP contribution in [0.3, 0.4) is 0 Å². The number of hydrogen-bond donors (Lipinski definition) is 2. The monoisotopic (exact) mass is 209 g/mol. The second kappa shape index (κ2) is 6.03. The maximum Gasteiger partial charge on any atom is 0.407 e. The maximum absolute atomic E-state index is 10.9. The van der Waals surface area contributed by atoms with Gasteiger partial charge in [0.2, 0.25) is 0 Å². The molecule has 0 bridgehead atoms. The Morgan fingerprint density at radius 2 is 1.93 bits per heavy atom. The van der Waals surface area contributed by atoms with E-state index in [0.717, 1.165) is 5.56 Å². The molecule has 4 heteroatoms. The molecule has 0 heterocycles. The molecule has 0 aliphatic rings. The first kappa shape index (κ1) is 11.5. The van der Waals surface area contributed by atoms with E-state index in [1.54, 1.807) is 0 Å². The smallest absolute Gasteiger partial charge is 0.407 e. The zero-order valence-electron chi connectivity index (χ0n) is 8.47. The van der Waals surface area contributed by atoms with Gasteiger partial charge in [0.15, 0.2) is 0 Å². The summed E-state index contributed by atoms with van der Waals surface area (Å²) in [6.07, 6.45) is -0.480. The van der Waals surface area contributed by atoms with E-state index in [2.05, 4.69) is 0 Å². The second-order valence-electron chi connectivity index (χ2n) is 3.27. The molecule has 0 atom stereocenters. The number of carbonyl (C=O) groups is 1. The highest BCUT2D eigenvalue weighted by molar-refractivity contribution is 5.64. The van der Waals surface area contributed by atoms with Crippen molar-refractivity contribution in [1.29, 1.82) is 0 Å². The SMILES string of the molecule is O=C(O)N(CCCO)Cc1ccccc1. The Hall–Kier alpha value is -1.55. The van der Waals surface area contributed by atoms with Crippen LogP contribution in [-0.2, 0) is 6.54 Å². The minimum absolute atomic E-state index is 0.0125. The van der Waals surface area contributed by atoms with Crippen LogP contribution in [0.25, 0.3) is 0 Å². The summed E-state index contributed by atoms with van der Waals surface area (Å²) in [6, 6.07) is 9.41. The molecule has 15 heavy (non-hydrogen) atoms. The average Bonchev–Trinajstić information content (AvgIpc) is 2.25. The van der Waals surface area contributed by atoms with E-state index in [9.17, 15) is 4.79 Å². The summed E-state index contributed by atoms with van der Waals surface area (Å²) in [5.41, 5.74) is 0.956. The quantitative estimate of drug-likeness (QED) is 0.773. The Labute approximate surface area is 88.8 Å². The fourth-order valence-corrected chi connectivity index (χ4v) is 1.31. The van der Waals surface area contributed by atoms with Gasteiger partial charge >= 0.3 is 6.09 Å². The minimum atomic E-state index is -0.952. The molecule has 1 aromatic carbocycles. The van der Waals surface area contributed by atoms with Crippen LogP contribution in [0.15, 0.2) is 30.3 Å². The third kappa shape index (κ3) is 3.99. The predicted octanol–water partition coefficient (Wildman–Crippen LogP) is 1.55. The number of aliphatic hydroxyl groups is 1. The van der Waals surface area contributed by atoms with Crippen LogP contribution in [0.5, 0.6) is 0 Å². The molecule has 0 aliphatic heterocycles. The largest absolute Gasteiger partial charge is 0.465 e. The van der Waals surface area contributed by atoms with Crippen LogP contribution < -0.4 is 0 Å². The van der Waals surface area contributed by atoms with Gasteiger partial charge in [-0.25, -0.2) is 4.79 Å². The molecule has 0 saturated carbocycles. The number of benzene rings is 1. The number of rotatable bonds is 5. The molecular weight excluding hydrogens is 194 g/mol. The van der Waals surface area contributed by atoms with Crippen LogP contribution in [-0.4, -0.2) is 34.4 Å². The van der Waals surface area contributed by atoms with Gasteiger partial charge in [-0.15, -0.1) is 0 Å². The van der Waals surface area contributed by atoms with Crippen molar-refractivity contribution in [3.05, 3.63) is 35.9 Å². The number of amides is 1. The molecule has 0 saturated heterocycles. The lowest BCUT2D eigenvalue weighted by molar-refractivity contribution is 0.137. The Morgan fingerprint density at radius 1 is 1.27 bits per heavy atom. The van der Waals surface area contributed by atoms with Crippen molar-refractivity contribution < 1.29 is 15.0 Å². The van der Waals surface area contributed by atoms with Crippen molar-refractivity contribution >= 4 is 6.09 Å². The molecule has 1 rings (SSSR count). The van der Waals surface area contributed by atoms with Crippen molar-refractivity contribution in [3.8, 4) is 0 Å². The van der Waals surface area contributed by atoms with Crippen LogP contribution >= 0.6 is 0 Å². The Kier molecular flexibility index (Phi) is 4.63. The summed E-state index contributed by atoms with van der Waals surface area (Å²) in [7, 11) is 0. The summed E-state index contributed by atoms with van der Waals surface area (Å²) in [4.78, 5) is 12.2. The van der Waals surface area contributed by atoms with Crippen molar-refractivity contribution in [2.45, 2.75) is 13.0 Å². The number of hydrogen-bond acceptors (Lipinski definition) is 2. The maximum atomic E-state index is 10.9. The van der Waals surface area contributed by atoms with E-state index in [1.165, 1.54) is 4.90 Å². The van der Waals surface area contributed by atoms with E-state index in [-0.39, 0.29) is 6.61 Å². The number of carboxylic acid groups (broad SMARTS) is 1. The molecule has 0 radical (unpaired) electrons. The molecule has 1 amide bonds. The molecule has 82 valence electrons. The van der Waals surface area contributed by atoms with Gasteiger partial charge in [0.05, 0.1) is 0 Å². The van der Waals surface area contributed by atoms with Gasteiger partial charge in [-0.3, -0.25) is 0 Å². The lowest BCUT2D eigenvalue weighted by Crippen LogP contribution is -2.30. The molecule has 1 aromatic rings. The third-order valence-corrected chi connectivity index (χ3v) is 2.07. The van der Waals surface area contributed by atoms with E-state index < -0.39 is 6.09 Å². The first-order valence-electron chi connectivity index (χ1n) is 4.86. The van der Waals surface area contributed by atoms with Crippen molar-refractivity contribution in [2.75, 3.05) is 13.2 Å². The first-order valence-corrected chi connectivity index (χ1v) is 4.86. The lowest BCUT2D eigenvalue weighted by atomic mass is 10.2. The second-order valence-corrected chi connectivity index (χ2v) is 3.27. The third-order valence-electron chi connectivity index (χ3n) is 2.07. The van der Waals surface area contributed by atoms with Crippen molar-refractivity contribution in [2.24, 2.45) is 0 Å². The van der Waals surface area contributed by atoms with E-state index in [1.807, 2.05) is 30.3 Å². The molecule has 0 unspecified atom stereocenters. The first-order chi connectivity index (χ1) is 7.24. The number of aliphatic hydroxyl groups excluding tert-OH is 1. The lowest BCUT2D eigenvalue weighted by Gasteiger charge is -2.18. The summed E-state index contributed by atoms with van der Waals surface area (Å²) >= 11 is 0.